The summed E-state index contributed by atoms with van der Waals surface area (Å²) in [6.45, 7) is 2.72. The number of hydrogen-bond acceptors (Lipinski definition) is 2. The summed E-state index contributed by atoms with van der Waals surface area (Å²) in [6.07, 6.45) is 7.62. The lowest BCUT2D eigenvalue weighted by atomic mass is 10.3. The first kappa shape index (κ1) is 10.4. The molecule has 0 saturated heterocycles. The highest BCUT2D eigenvalue weighted by Crippen LogP contribution is 2.36. The van der Waals surface area contributed by atoms with Gasteiger partial charge >= 0.3 is 0 Å². The third kappa shape index (κ3) is 2.66. The van der Waals surface area contributed by atoms with E-state index < -0.39 is 0 Å². The zero-order valence-electron chi connectivity index (χ0n) is 8.77. The van der Waals surface area contributed by atoms with Crippen LogP contribution in [-0.4, -0.2) is 6.61 Å². The topological polar surface area (TPSA) is 9.23 Å². The van der Waals surface area contributed by atoms with Crippen molar-refractivity contribution in [3.05, 3.63) is 47.4 Å². The molecule has 0 spiro atoms. The van der Waals surface area contributed by atoms with Gasteiger partial charge in [0.25, 0.3) is 0 Å². The van der Waals surface area contributed by atoms with Crippen molar-refractivity contribution < 1.29 is 4.74 Å². The van der Waals surface area contributed by atoms with Crippen LogP contribution in [0.15, 0.2) is 52.3 Å². The second-order valence-corrected chi connectivity index (χ2v) is 4.34. The molecule has 1 aromatic carbocycles. The average molecular weight is 218 g/mol. The highest BCUT2D eigenvalue weighted by Gasteiger charge is 2.06. The minimum Gasteiger partial charge on any atom is -0.493 e. The van der Waals surface area contributed by atoms with Gasteiger partial charge in [0.05, 0.1) is 11.5 Å². The maximum absolute atomic E-state index is 5.58. The van der Waals surface area contributed by atoms with Crippen LogP contribution in [0.2, 0.25) is 0 Å². The molecule has 2 rings (SSSR count). The molecule has 1 aliphatic rings. The lowest BCUT2D eigenvalue weighted by Crippen LogP contribution is -1.92. The fourth-order valence-corrected chi connectivity index (χ4v) is 2.42. The van der Waals surface area contributed by atoms with Crippen LogP contribution in [0.3, 0.4) is 0 Å². The van der Waals surface area contributed by atoms with Crippen molar-refractivity contribution in [1.29, 1.82) is 0 Å². The lowest BCUT2D eigenvalue weighted by molar-refractivity contribution is 0.332. The first-order valence-corrected chi connectivity index (χ1v) is 5.98. The molecule has 0 unspecified atom stereocenters. The van der Waals surface area contributed by atoms with Gasteiger partial charge in [0.2, 0.25) is 0 Å². The van der Waals surface area contributed by atoms with Crippen LogP contribution < -0.4 is 4.74 Å². The highest BCUT2D eigenvalue weighted by molar-refractivity contribution is 8.03. The highest BCUT2D eigenvalue weighted by atomic mass is 32.2. The zero-order valence-corrected chi connectivity index (χ0v) is 9.59. The molecule has 0 aromatic heterocycles. The van der Waals surface area contributed by atoms with Gasteiger partial charge < -0.3 is 4.74 Å². The number of ether oxygens (including phenoxy) is 1. The molecule has 0 radical (unpaired) electrons. The molecule has 1 aromatic rings. The van der Waals surface area contributed by atoms with Gasteiger partial charge in [-0.05, 0) is 25.5 Å². The van der Waals surface area contributed by atoms with Crippen molar-refractivity contribution in [2.45, 2.75) is 18.2 Å². The van der Waals surface area contributed by atoms with E-state index in [9.17, 15) is 0 Å². The molecule has 0 bridgehead atoms. The quantitative estimate of drug-likeness (QED) is 0.754. The molecule has 0 amide bonds. The Bertz CT molecular complexity index is 393. The molecule has 1 nitrogen and oxygen atoms in total. The van der Waals surface area contributed by atoms with E-state index >= 15 is 0 Å². The number of para-hydroxylation sites is 1. The largest absolute Gasteiger partial charge is 0.493 e. The fourth-order valence-electron chi connectivity index (χ4n) is 1.45. The summed E-state index contributed by atoms with van der Waals surface area (Å²) in [4.78, 5) is 2.50. The Labute approximate surface area is 94.8 Å². The van der Waals surface area contributed by atoms with Gasteiger partial charge in [-0.3, -0.25) is 0 Å². The molecule has 0 atom stereocenters. The van der Waals surface area contributed by atoms with E-state index in [2.05, 4.69) is 24.3 Å². The van der Waals surface area contributed by atoms with E-state index in [0.29, 0.717) is 6.61 Å². The molecular weight excluding hydrogens is 204 g/mol. The van der Waals surface area contributed by atoms with E-state index in [1.54, 1.807) is 11.8 Å². The first-order chi connectivity index (χ1) is 7.40. The van der Waals surface area contributed by atoms with Crippen LogP contribution in [-0.2, 0) is 0 Å². The lowest BCUT2D eigenvalue weighted by Gasteiger charge is -2.08. The Morgan fingerprint density at radius 3 is 2.93 bits per heavy atom. The summed E-state index contributed by atoms with van der Waals surface area (Å²) in [6, 6.07) is 8.17. The molecule has 0 aliphatic heterocycles. The summed E-state index contributed by atoms with van der Waals surface area (Å²) in [5, 5.41) is 0. The fraction of sp³-hybridized carbons (Fsp3) is 0.231. The van der Waals surface area contributed by atoms with Gasteiger partial charge in [-0.2, -0.15) is 0 Å². The van der Waals surface area contributed by atoms with Gasteiger partial charge in [0.15, 0.2) is 0 Å². The van der Waals surface area contributed by atoms with Crippen LogP contribution in [0.4, 0.5) is 0 Å². The summed E-state index contributed by atoms with van der Waals surface area (Å²) >= 11 is 1.77. The third-order valence-electron chi connectivity index (χ3n) is 2.11. The van der Waals surface area contributed by atoms with Crippen LogP contribution in [0.1, 0.15) is 13.3 Å². The molecule has 78 valence electrons. The summed E-state index contributed by atoms with van der Waals surface area (Å²) in [5.41, 5.74) is 0. The Morgan fingerprint density at radius 2 is 2.20 bits per heavy atom. The van der Waals surface area contributed by atoms with Crippen molar-refractivity contribution in [2.75, 3.05) is 6.61 Å². The maximum atomic E-state index is 5.58. The predicted octanol–water partition coefficient (Wildman–Crippen LogP) is 4.02. The van der Waals surface area contributed by atoms with Crippen LogP contribution in [0, 0.1) is 0 Å². The van der Waals surface area contributed by atoms with Gasteiger partial charge in [-0.15, -0.1) is 0 Å². The Hall–Kier alpha value is -1.15. The zero-order chi connectivity index (χ0) is 10.5. The van der Waals surface area contributed by atoms with E-state index in [-0.39, 0.29) is 0 Å². The third-order valence-corrected chi connectivity index (χ3v) is 3.21. The van der Waals surface area contributed by atoms with Gasteiger partial charge in [-0.1, -0.05) is 42.1 Å². The molecule has 15 heavy (non-hydrogen) atoms. The normalized spacial score (nSPS) is 14.1. The number of hydrogen-bond donors (Lipinski definition) is 0. The number of thioether (sulfide) groups is 1. The number of benzene rings is 1. The first-order valence-electron chi connectivity index (χ1n) is 5.16. The molecule has 2 heteroatoms. The Balaban J connectivity index is 2.15. The van der Waals surface area contributed by atoms with Crippen molar-refractivity contribution >= 4 is 11.8 Å². The second kappa shape index (κ2) is 5.08. The van der Waals surface area contributed by atoms with Gasteiger partial charge in [-0.25, -0.2) is 0 Å². The monoisotopic (exact) mass is 218 g/mol. The van der Waals surface area contributed by atoms with Crippen LogP contribution in [0.5, 0.6) is 5.75 Å². The van der Waals surface area contributed by atoms with Gasteiger partial charge in [0.1, 0.15) is 5.75 Å². The van der Waals surface area contributed by atoms with Crippen molar-refractivity contribution in [3.8, 4) is 5.75 Å². The maximum Gasteiger partial charge on any atom is 0.133 e. The number of allylic oxidation sites excluding steroid dienone is 3. The SMILES string of the molecule is CCOc1ccccc1SC1=CCC=C1. The molecule has 0 fully saturated rings. The smallest absolute Gasteiger partial charge is 0.133 e. The number of rotatable bonds is 4. The molecule has 1 aliphatic carbocycles. The van der Waals surface area contributed by atoms with Crippen LogP contribution in [0.25, 0.3) is 0 Å². The summed E-state index contributed by atoms with van der Waals surface area (Å²) < 4.78 is 5.58. The van der Waals surface area contributed by atoms with Crippen molar-refractivity contribution in [3.63, 3.8) is 0 Å². The van der Waals surface area contributed by atoms with Crippen molar-refractivity contribution in [1.82, 2.24) is 0 Å². The van der Waals surface area contributed by atoms with E-state index in [1.165, 1.54) is 9.80 Å². The Morgan fingerprint density at radius 1 is 1.33 bits per heavy atom. The summed E-state index contributed by atoms with van der Waals surface area (Å²) in [5.74, 6) is 0.978. The van der Waals surface area contributed by atoms with Crippen molar-refractivity contribution in [2.24, 2.45) is 0 Å². The molecule has 0 heterocycles. The standard InChI is InChI=1S/C13H14OS/c1-2-14-12-9-5-6-10-13(12)15-11-7-3-4-8-11/h3,5-10H,2,4H2,1H3. The van der Waals surface area contributed by atoms with Crippen LogP contribution >= 0.6 is 11.8 Å². The van der Waals surface area contributed by atoms with E-state index in [4.69, 9.17) is 4.74 Å². The average Bonchev–Trinajstić information content (AvgIpc) is 2.74. The molecule has 0 N–H and O–H groups in total. The predicted molar refractivity (Wildman–Crippen MR) is 65.3 cm³/mol. The van der Waals surface area contributed by atoms with E-state index in [1.807, 2.05) is 25.1 Å². The Kier molecular flexibility index (Phi) is 3.51. The molecule has 0 saturated carbocycles. The minimum absolute atomic E-state index is 0.715. The second-order valence-electron chi connectivity index (χ2n) is 3.23. The van der Waals surface area contributed by atoms with Gasteiger partial charge in [0, 0.05) is 4.91 Å². The molecular formula is C13H14OS. The van der Waals surface area contributed by atoms with E-state index in [0.717, 1.165) is 12.2 Å². The minimum atomic E-state index is 0.715. The summed E-state index contributed by atoms with van der Waals surface area (Å²) in [7, 11) is 0.